The molecule has 2 N–H and O–H groups in total. The summed E-state index contributed by atoms with van der Waals surface area (Å²) >= 11 is 12.1. The Balaban J connectivity index is 2.01. The molecule has 116 valence electrons. The number of anilines is 1. The van der Waals surface area contributed by atoms with Crippen LogP contribution in [0.2, 0.25) is 10.0 Å². The molecule has 1 amide bonds. The number of hydrogen-bond donors (Lipinski definition) is 2. The van der Waals surface area contributed by atoms with Crippen LogP contribution in [0.3, 0.4) is 0 Å². The number of aliphatic hydroxyl groups excluding tert-OH is 1. The van der Waals surface area contributed by atoms with Gasteiger partial charge in [0.2, 0.25) is 5.91 Å². The molecule has 1 aromatic carbocycles. The van der Waals surface area contributed by atoms with Gasteiger partial charge in [0.15, 0.2) is 0 Å². The molecule has 1 heterocycles. The minimum atomic E-state index is -0.443. The van der Waals surface area contributed by atoms with E-state index in [1.54, 1.807) is 25.1 Å². The summed E-state index contributed by atoms with van der Waals surface area (Å²) in [5.41, 5.74) is 0.441. The van der Waals surface area contributed by atoms with Crippen molar-refractivity contribution in [2.75, 3.05) is 18.4 Å². The molecule has 2 unspecified atom stereocenters. The van der Waals surface area contributed by atoms with Crippen LogP contribution in [0.15, 0.2) is 18.2 Å². The van der Waals surface area contributed by atoms with Crippen molar-refractivity contribution < 1.29 is 9.90 Å². The SMILES string of the molecule is CC(O)C1CCCCN1CC(=O)Nc1c(Cl)cccc1Cl. The predicted molar refractivity (Wildman–Crippen MR) is 86.0 cm³/mol. The summed E-state index contributed by atoms with van der Waals surface area (Å²) < 4.78 is 0. The Kier molecular flexibility index (Phi) is 5.88. The van der Waals surface area contributed by atoms with Crippen LogP contribution in [-0.2, 0) is 4.79 Å². The molecule has 1 aromatic rings. The average Bonchev–Trinajstić information content (AvgIpc) is 2.43. The van der Waals surface area contributed by atoms with E-state index in [1.165, 1.54) is 0 Å². The molecular formula is C15H20Cl2N2O2. The highest BCUT2D eigenvalue weighted by Crippen LogP contribution is 2.30. The number of amides is 1. The van der Waals surface area contributed by atoms with E-state index in [0.29, 0.717) is 15.7 Å². The maximum atomic E-state index is 12.2. The van der Waals surface area contributed by atoms with Gasteiger partial charge in [-0.2, -0.15) is 0 Å². The van der Waals surface area contributed by atoms with Crippen LogP contribution in [-0.4, -0.2) is 41.1 Å². The molecule has 1 aliphatic rings. The summed E-state index contributed by atoms with van der Waals surface area (Å²) in [6.07, 6.45) is 2.60. The molecular weight excluding hydrogens is 311 g/mol. The molecule has 0 saturated carbocycles. The number of carbonyl (C=O) groups is 1. The monoisotopic (exact) mass is 330 g/mol. The first-order valence-electron chi connectivity index (χ1n) is 7.15. The molecule has 2 atom stereocenters. The number of nitrogens with zero attached hydrogens (tertiary/aromatic N) is 1. The number of para-hydroxylation sites is 1. The fourth-order valence-corrected chi connectivity index (χ4v) is 3.23. The number of halogens is 2. The van der Waals surface area contributed by atoms with Crippen LogP contribution in [0.5, 0.6) is 0 Å². The lowest BCUT2D eigenvalue weighted by Crippen LogP contribution is -2.48. The third-order valence-electron chi connectivity index (χ3n) is 3.79. The van der Waals surface area contributed by atoms with Gasteiger partial charge in [0.05, 0.1) is 28.4 Å². The smallest absolute Gasteiger partial charge is 0.238 e. The van der Waals surface area contributed by atoms with Gasteiger partial charge >= 0.3 is 0 Å². The Morgan fingerprint density at radius 2 is 2.10 bits per heavy atom. The lowest BCUT2D eigenvalue weighted by molar-refractivity contribution is -0.118. The molecule has 1 fully saturated rings. The third-order valence-corrected chi connectivity index (χ3v) is 4.42. The molecule has 21 heavy (non-hydrogen) atoms. The molecule has 2 rings (SSSR count). The maximum absolute atomic E-state index is 12.2. The van der Waals surface area contributed by atoms with Crippen molar-refractivity contribution in [1.82, 2.24) is 4.90 Å². The second-order valence-corrected chi connectivity index (χ2v) is 6.23. The molecule has 6 heteroatoms. The number of nitrogens with one attached hydrogen (secondary N) is 1. The quantitative estimate of drug-likeness (QED) is 0.891. The van der Waals surface area contributed by atoms with E-state index < -0.39 is 6.10 Å². The highest BCUT2D eigenvalue weighted by atomic mass is 35.5. The fourth-order valence-electron chi connectivity index (χ4n) is 2.74. The number of piperidine rings is 1. The van der Waals surface area contributed by atoms with E-state index in [4.69, 9.17) is 23.2 Å². The number of hydrogen-bond acceptors (Lipinski definition) is 3. The van der Waals surface area contributed by atoms with Crippen molar-refractivity contribution in [2.45, 2.75) is 38.3 Å². The van der Waals surface area contributed by atoms with Crippen molar-refractivity contribution in [3.63, 3.8) is 0 Å². The van der Waals surface area contributed by atoms with Crippen molar-refractivity contribution in [3.05, 3.63) is 28.2 Å². The number of likely N-dealkylation sites (tertiary alicyclic amines) is 1. The largest absolute Gasteiger partial charge is 0.392 e. The first-order valence-corrected chi connectivity index (χ1v) is 7.90. The van der Waals surface area contributed by atoms with Crippen molar-refractivity contribution >= 4 is 34.8 Å². The van der Waals surface area contributed by atoms with E-state index >= 15 is 0 Å². The normalized spacial score (nSPS) is 21.0. The lowest BCUT2D eigenvalue weighted by atomic mass is 9.98. The lowest BCUT2D eigenvalue weighted by Gasteiger charge is -2.36. The maximum Gasteiger partial charge on any atom is 0.238 e. The van der Waals surface area contributed by atoms with Crippen molar-refractivity contribution in [1.29, 1.82) is 0 Å². The highest BCUT2D eigenvalue weighted by molar-refractivity contribution is 6.39. The number of carbonyl (C=O) groups excluding carboxylic acids is 1. The average molecular weight is 331 g/mol. The van der Waals surface area contributed by atoms with Gasteiger partial charge in [-0.25, -0.2) is 0 Å². The number of aliphatic hydroxyl groups is 1. The summed E-state index contributed by atoms with van der Waals surface area (Å²) in [5, 5.41) is 13.4. The highest BCUT2D eigenvalue weighted by Gasteiger charge is 2.27. The van der Waals surface area contributed by atoms with Gasteiger partial charge in [-0.15, -0.1) is 0 Å². The van der Waals surface area contributed by atoms with Gasteiger partial charge in [0.25, 0.3) is 0 Å². The van der Waals surface area contributed by atoms with E-state index in [0.717, 1.165) is 25.8 Å². The Labute approximate surface area is 135 Å². The third kappa shape index (κ3) is 4.33. The zero-order chi connectivity index (χ0) is 15.4. The number of benzene rings is 1. The second-order valence-electron chi connectivity index (χ2n) is 5.42. The van der Waals surface area contributed by atoms with E-state index in [-0.39, 0.29) is 18.5 Å². The second kappa shape index (κ2) is 7.45. The molecule has 1 aliphatic heterocycles. The topological polar surface area (TPSA) is 52.6 Å². The van der Waals surface area contributed by atoms with Crippen molar-refractivity contribution in [3.8, 4) is 0 Å². The van der Waals surface area contributed by atoms with E-state index in [2.05, 4.69) is 5.32 Å². The van der Waals surface area contributed by atoms with Crippen LogP contribution in [0.4, 0.5) is 5.69 Å². The van der Waals surface area contributed by atoms with Crippen LogP contribution >= 0.6 is 23.2 Å². The van der Waals surface area contributed by atoms with E-state index in [9.17, 15) is 9.90 Å². The van der Waals surface area contributed by atoms with Gasteiger partial charge < -0.3 is 10.4 Å². The summed E-state index contributed by atoms with van der Waals surface area (Å²) in [5.74, 6) is -0.169. The summed E-state index contributed by atoms with van der Waals surface area (Å²) in [6, 6.07) is 5.13. The summed E-state index contributed by atoms with van der Waals surface area (Å²) in [4.78, 5) is 14.2. The molecule has 1 saturated heterocycles. The standard InChI is InChI=1S/C15H20Cl2N2O2/c1-10(20)13-7-2-3-8-19(13)9-14(21)18-15-11(16)5-4-6-12(15)17/h4-6,10,13,20H,2-3,7-9H2,1H3,(H,18,21). The van der Waals surface area contributed by atoms with Crippen LogP contribution < -0.4 is 5.32 Å². The minimum absolute atomic E-state index is 0.0335. The Morgan fingerprint density at radius 1 is 1.43 bits per heavy atom. The Hall–Kier alpha value is -0.810. The Bertz CT molecular complexity index is 488. The molecule has 0 aromatic heterocycles. The van der Waals surface area contributed by atoms with E-state index in [1.807, 2.05) is 4.90 Å². The van der Waals surface area contributed by atoms with Gasteiger partial charge in [-0.1, -0.05) is 35.7 Å². The van der Waals surface area contributed by atoms with Crippen molar-refractivity contribution in [2.24, 2.45) is 0 Å². The van der Waals surface area contributed by atoms with Gasteiger partial charge in [-0.05, 0) is 38.4 Å². The van der Waals surface area contributed by atoms with Crippen LogP contribution in [0.1, 0.15) is 26.2 Å². The molecule has 0 bridgehead atoms. The fraction of sp³-hybridized carbons (Fsp3) is 0.533. The summed E-state index contributed by atoms with van der Waals surface area (Å²) in [7, 11) is 0. The summed E-state index contributed by atoms with van der Waals surface area (Å²) in [6.45, 7) is 2.82. The molecule has 4 nitrogen and oxygen atoms in total. The zero-order valence-corrected chi connectivity index (χ0v) is 13.5. The number of rotatable bonds is 4. The van der Waals surface area contributed by atoms with Gasteiger partial charge in [-0.3, -0.25) is 9.69 Å². The molecule has 0 spiro atoms. The first-order chi connectivity index (χ1) is 9.99. The van der Waals surface area contributed by atoms with Gasteiger partial charge in [0.1, 0.15) is 0 Å². The van der Waals surface area contributed by atoms with Crippen LogP contribution in [0, 0.1) is 0 Å². The van der Waals surface area contributed by atoms with Gasteiger partial charge in [0, 0.05) is 6.04 Å². The molecule has 0 radical (unpaired) electrons. The predicted octanol–water partition coefficient (Wildman–Crippen LogP) is 3.17. The van der Waals surface area contributed by atoms with Crippen LogP contribution in [0.25, 0.3) is 0 Å². The first kappa shape index (κ1) is 16.6. The molecule has 0 aliphatic carbocycles. The zero-order valence-electron chi connectivity index (χ0n) is 12.0. The minimum Gasteiger partial charge on any atom is -0.392 e. The Morgan fingerprint density at radius 3 is 2.71 bits per heavy atom.